The van der Waals surface area contributed by atoms with Crippen LogP contribution in [0.2, 0.25) is 0 Å². The Morgan fingerprint density at radius 2 is 2.06 bits per heavy atom. The fraction of sp³-hybridized carbons (Fsp3) is 0.467. The maximum Gasteiger partial charge on any atom is 0.0279 e. The highest BCUT2D eigenvalue weighted by Gasteiger charge is 2.20. The van der Waals surface area contributed by atoms with Crippen LogP contribution in [0.1, 0.15) is 25.3 Å². The normalized spacial score (nSPS) is 13.9. The van der Waals surface area contributed by atoms with E-state index >= 15 is 0 Å². The summed E-state index contributed by atoms with van der Waals surface area (Å²) in [6, 6.07) is 10.5. The van der Waals surface area contributed by atoms with Gasteiger partial charge in [-0.1, -0.05) is 30.3 Å². The lowest BCUT2D eigenvalue weighted by Crippen LogP contribution is -2.49. The topological polar surface area (TPSA) is 38.0 Å². The summed E-state index contributed by atoms with van der Waals surface area (Å²) in [7, 11) is 0. The first-order valence-electron chi connectivity index (χ1n) is 6.13. The van der Waals surface area contributed by atoms with Gasteiger partial charge in [0.15, 0.2) is 0 Å². The molecule has 1 aromatic rings. The van der Waals surface area contributed by atoms with Crippen LogP contribution in [0.15, 0.2) is 30.3 Å². The van der Waals surface area contributed by atoms with E-state index in [2.05, 4.69) is 42.4 Å². The Bertz CT molecular complexity index is 353. The number of aryl methyl sites for hydroxylation is 1. The third-order valence-corrected chi connectivity index (χ3v) is 3.08. The van der Waals surface area contributed by atoms with E-state index in [1.165, 1.54) is 5.56 Å². The van der Waals surface area contributed by atoms with Gasteiger partial charge in [0.2, 0.25) is 0 Å². The van der Waals surface area contributed by atoms with Crippen molar-refractivity contribution < 1.29 is 0 Å². The van der Waals surface area contributed by atoms with Gasteiger partial charge < -0.3 is 11.1 Å². The maximum absolute atomic E-state index is 5.84. The molecule has 0 heterocycles. The number of terminal acetylenes is 1. The van der Waals surface area contributed by atoms with Crippen LogP contribution in [0.3, 0.4) is 0 Å². The molecule has 3 N–H and O–H groups in total. The van der Waals surface area contributed by atoms with Crippen LogP contribution in [0.4, 0.5) is 0 Å². The monoisotopic (exact) mass is 230 g/mol. The van der Waals surface area contributed by atoms with Crippen molar-refractivity contribution in [3.63, 3.8) is 0 Å². The van der Waals surface area contributed by atoms with Crippen molar-refractivity contribution in [3.05, 3.63) is 35.9 Å². The predicted octanol–water partition coefficient (Wildman–Crippen LogP) is 1.95. The molecule has 0 bridgehead atoms. The Morgan fingerprint density at radius 3 is 2.65 bits per heavy atom. The SMILES string of the molecule is C#CCCNC(C)(CN)CCc1ccccc1. The van der Waals surface area contributed by atoms with E-state index in [-0.39, 0.29) is 5.54 Å². The number of hydrogen-bond acceptors (Lipinski definition) is 2. The lowest BCUT2D eigenvalue weighted by molar-refractivity contribution is 0.344. The molecule has 0 aromatic heterocycles. The summed E-state index contributed by atoms with van der Waals surface area (Å²) in [4.78, 5) is 0. The minimum atomic E-state index is -0.0211. The zero-order valence-corrected chi connectivity index (χ0v) is 10.6. The number of hydrogen-bond donors (Lipinski definition) is 2. The van der Waals surface area contributed by atoms with Crippen molar-refractivity contribution in [2.45, 2.75) is 31.7 Å². The van der Waals surface area contributed by atoms with E-state index in [0.717, 1.165) is 25.8 Å². The van der Waals surface area contributed by atoms with Gasteiger partial charge in [-0.25, -0.2) is 0 Å². The molecule has 1 unspecified atom stereocenters. The molecule has 1 rings (SSSR count). The second-order valence-electron chi connectivity index (χ2n) is 4.63. The zero-order chi connectivity index (χ0) is 12.6. The third-order valence-electron chi connectivity index (χ3n) is 3.08. The molecule has 17 heavy (non-hydrogen) atoms. The molecule has 0 spiro atoms. The standard InChI is InChI=1S/C15H22N2/c1-3-4-12-17-15(2,13-16)11-10-14-8-6-5-7-9-14/h1,5-9,17H,4,10-13,16H2,2H3. The van der Waals surface area contributed by atoms with Crippen molar-refractivity contribution in [3.8, 4) is 12.3 Å². The Morgan fingerprint density at radius 1 is 1.35 bits per heavy atom. The average Bonchev–Trinajstić information content (AvgIpc) is 2.38. The smallest absolute Gasteiger partial charge is 0.0279 e. The van der Waals surface area contributed by atoms with Gasteiger partial charge in [-0.2, -0.15) is 0 Å². The lowest BCUT2D eigenvalue weighted by Gasteiger charge is -2.29. The fourth-order valence-corrected chi connectivity index (χ4v) is 1.76. The van der Waals surface area contributed by atoms with Crippen LogP contribution in [0.25, 0.3) is 0 Å². The molecular formula is C15H22N2. The molecular weight excluding hydrogens is 208 g/mol. The molecule has 0 aliphatic heterocycles. The first-order chi connectivity index (χ1) is 8.20. The Balaban J connectivity index is 2.43. The zero-order valence-electron chi connectivity index (χ0n) is 10.6. The van der Waals surface area contributed by atoms with Gasteiger partial charge in [0.1, 0.15) is 0 Å². The van der Waals surface area contributed by atoms with Gasteiger partial charge in [-0.05, 0) is 25.3 Å². The Kier molecular flexibility index (Phi) is 5.76. The van der Waals surface area contributed by atoms with Gasteiger partial charge in [-0.3, -0.25) is 0 Å². The van der Waals surface area contributed by atoms with Crippen LogP contribution < -0.4 is 11.1 Å². The van der Waals surface area contributed by atoms with E-state index < -0.39 is 0 Å². The van der Waals surface area contributed by atoms with Crippen LogP contribution in [-0.2, 0) is 6.42 Å². The van der Waals surface area contributed by atoms with Crippen molar-refractivity contribution in [2.24, 2.45) is 5.73 Å². The summed E-state index contributed by atoms with van der Waals surface area (Å²) in [6.07, 6.45) is 8.06. The molecule has 1 atom stereocenters. The van der Waals surface area contributed by atoms with Gasteiger partial charge in [0.05, 0.1) is 0 Å². The predicted molar refractivity (Wildman–Crippen MR) is 73.7 cm³/mol. The van der Waals surface area contributed by atoms with Gasteiger partial charge in [0.25, 0.3) is 0 Å². The third kappa shape index (κ3) is 5.04. The van der Waals surface area contributed by atoms with E-state index in [4.69, 9.17) is 12.2 Å². The first kappa shape index (κ1) is 13.8. The number of rotatable bonds is 7. The summed E-state index contributed by atoms with van der Waals surface area (Å²) < 4.78 is 0. The molecule has 0 radical (unpaired) electrons. The van der Waals surface area contributed by atoms with Gasteiger partial charge in [0, 0.05) is 25.0 Å². The molecule has 0 saturated heterocycles. The average molecular weight is 230 g/mol. The Hall–Kier alpha value is -1.30. The summed E-state index contributed by atoms with van der Waals surface area (Å²) in [6.45, 7) is 3.62. The fourth-order valence-electron chi connectivity index (χ4n) is 1.76. The van der Waals surface area contributed by atoms with E-state index in [9.17, 15) is 0 Å². The summed E-state index contributed by atoms with van der Waals surface area (Å²) in [5.41, 5.74) is 7.17. The van der Waals surface area contributed by atoms with Crippen molar-refractivity contribution in [1.82, 2.24) is 5.32 Å². The van der Waals surface area contributed by atoms with Crippen LogP contribution in [-0.4, -0.2) is 18.6 Å². The number of nitrogens with two attached hydrogens (primary N) is 1. The highest BCUT2D eigenvalue weighted by atomic mass is 15.0. The molecule has 2 nitrogen and oxygen atoms in total. The van der Waals surface area contributed by atoms with Crippen molar-refractivity contribution >= 4 is 0 Å². The largest absolute Gasteiger partial charge is 0.329 e. The van der Waals surface area contributed by atoms with Crippen LogP contribution >= 0.6 is 0 Å². The quantitative estimate of drug-likeness (QED) is 0.555. The number of nitrogens with one attached hydrogen (secondary N) is 1. The molecule has 92 valence electrons. The van der Waals surface area contributed by atoms with E-state index in [0.29, 0.717) is 6.54 Å². The summed E-state index contributed by atoms with van der Waals surface area (Å²) in [5.74, 6) is 2.63. The second kappa shape index (κ2) is 7.11. The molecule has 0 amide bonds. The molecule has 0 saturated carbocycles. The molecule has 2 heteroatoms. The highest BCUT2D eigenvalue weighted by Crippen LogP contribution is 2.13. The van der Waals surface area contributed by atoms with Crippen molar-refractivity contribution in [2.75, 3.05) is 13.1 Å². The number of benzene rings is 1. The lowest BCUT2D eigenvalue weighted by atomic mass is 9.93. The van der Waals surface area contributed by atoms with Gasteiger partial charge in [-0.15, -0.1) is 12.3 Å². The van der Waals surface area contributed by atoms with E-state index in [1.54, 1.807) is 0 Å². The Labute approximate surface area is 105 Å². The summed E-state index contributed by atoms with van der Waals surface area (Å²) >= 11 is 0. The van der Waals surface area contributed by atoms with E-state index in [1.807, 2.05) is 6.07 Å². The minimum Gasteiger partial charge on any atom is -0.329 e. The van der Waals surface area contributed by atoms with Crippen LogP contribution in [0, 0.1) is 12.3 Å². The van der Waals surface area contributed by atoms with Crippen LogP contribution in [0.5, 0.6) is 0 Å². The molecule has 0 fully saturated rings. The van der Waals surface area contributed by atoms with Crippen molar-refractivity contribution in [1.29, 1.82) is 0 Å². The summed E-state index contributed by atoms with van der Waals surface area (Å²) in [5, 5.41) is 3.45. The maximum atomic E-state index is 5.84. The molecule has 1 aromatic carbocycles. The second-order valence-corrected chi connectivity index (χ2v) is 4.63. The first-order valence-corrected chi connectivity index (χ1v) is 6.13. The van der Waals surface area contributed by atoms with Gasteiger partial charge >= 0.3 is 0 Å². The highest BCUT2D eigenvalue weighted by molar-refractivity contribution is 5.15. The molecule has 0 aliphatic rings. The molecule has 0 aliphatic carbocycles. The minimum absolute atomic E-state index is 0.0211.